The van der Waals surface area contributed by atoms with Crippen LogP contribution >= 0.6 is 11.3 Å². The molecule has 0 aliphatic heterocycles. The first-order valence-corrected chi connectivity index (χ1v) is 10.9. The van der Waals surface area contributed by atoms with Gasteiger partial charge in [0, 0.05) is 16.6 Å². The van der Waals surface area contributed by atoms with Crippen molar-refractivity contribution >= 4 is 33.0 Å². The molecule has 0 spiro atoms. The van der Waals surface area contributed by atoms with Gasteiger partial charge in [0.15, 0.2) is 0 Å². The lowest BCUT2D eigenvalue weighted by molar-refractivity contribution is -0.120. The number of ether oxygens (including phenoxy) is 1. The van der Waals surface area contributed by atoms with Crippen LogP contribution < -0.4 is 14.8 Å². The second kappa shape index (κ2) is 8.90. The summed E-state index contributed by atoms with van der Waals surface area (Å²) in [6.45, 7) is 0.509. The van der Waals surface area contributed by atoms with Crippen LogP contribution in [-0.2, 0) is 27.8 Å². The summed E-state index contributed by atoms with van der Waals surface area (Å²) in [4.78, 5) is 13.2. The number of carbonyl (C=O) groups is 1. The van der Waals surface area contributed by atoms with Gasteiger partial charge in [0.25, 0.3) is 10.0 Å². The number of benzene rings is 2. The molecule has 0 saturated carbocycles. The summed E-state index contributed by atoms with van der Waals surface area (Å²) in [6.07, 6.45) is 0.230. The molecule has 6 nitrogen and oxygen atoms in total. The molecule has 2 aromatic carbocycles. The molecule has 0 bridgehead atoms. The second-order valence-corrected chi connectivity index (χ2v) is 8.73. The lowest BCUT2D eigenvalue weighted by Gasteiger charge is -2.10. The van der Waals surface area contributed by atoms with E-state index in [9.17, 15) is 13.2 Å². The molecule has 0 radical (unpaired) electrons. The number of rotatable bonds is 8. The Bertz CT molecular complexity index is 1030. The van der Waals surface area contributed by atoms with Crippen molar-refractivity contribution in [2.45, 2.75) is 17.9 Å². The summed E-state index contributed by atoms with van der Waals surface area (Å²) < 4.78 is 32.6. The van der Waals surface area contributed by atoms with Crippen LogP contribution in [0.3, 0.4) is 0 Å². The van der Waals surface area contributed by atoms with Crippen LogP contribution in [0.2, 0.25) is 0 Å². The quantitative estimate of drug-likeness (QED) is 0.589. The molecule has 1 aromatic heterocycles. The predicted molar refractivity (Wildman–Crippen MR) is 110 cm³/mol. The molecular weight excluding hydrogens is 396 g/mol. The van der Waals surface area contributed by atoms with Crippen LogP contribution in [0.1, 0.15) is 10.4 Å². The Morgan fingerprint density at radius 3 is 2.54 bits per heavy atom. The Labute approximate surface area is 168 Å². The molecule has 0 aliphatic rings. The molecular formula is C20H20N2O4S2. The SMILES string of the molecule is COc1cccc(S(=O)(=O)Nc2ccc(CC(=O)NCc3cccs3)cc2)c1. The zero-order valence-electron chi connectivity index (χ0n) is 15.2. The van der Waals surface area contributed by atoms with Gasteiger partial charge in [-0.1, -0.05) is 24.3 Å². The third kappa shape index (κ3) is 5.34. The number of sulfonamides is 1. The van der Waals surface area contributed by atoms with Crippen LogP contribution in [0.5, 0.6) is 5.75 Å². The van der Waals surface area contributed by atoms with Crippen molar-refractivity contribution in [3.63, 3.8) is 0 Å². The molecule has 1 heterocycles. The summed E-state index contributed by atoms with van der Waals surface area (Å²) in [5.74, 6) is 0.380. The summed E-state index contributed by atoms with van der Waals surface area (Å²) in [5.41, 5.74) is 1.22. The molecule has 28 heavy (non-hydrogen) atoms. The summed E-state index contributed by atoms with van der Waals surface area (Å²) in [5, 5.41) is 4.83. The fourth-order valence-electron chi connectivity index (χ4n) is 2.52. The first kappa shape index (κ1) is 19.9. The van der Waals surface area contributed by atoms with Crippen LogP contribution in [0.4, 0.5) is 5.69 Å². The Morgan fingerprint density at radius 1 is 1.07 bits per heavy atom. The average molecular weight is 417 g/mol. The lowest BCUT2D eigenvalue weighted by Crippen LogP contribution is -2.24. The Morgan fingerprint density at radius 2 is 1.86 bits per heavy atom. The van der Waals surface area contributed by atoms with Gasteiger partial charge in [0.1, 0.15) is 5.75 Å². The van der Waals surface area contributed by atoms with Crippen LogP contribution in [0.15, 0.2) is 70.9 Å². The minimum Gasteiger partial charge on any atom is -0.497 e. The fourth-order valence-corrected chi connectivity index (χ4v) is 4.26. The van der Waals surface area contributed by atoms with Gasteiger partial charge in [0.05, 0.1) is 25.0 Å². The van der Waals surface area contributed by atoms with Crippen molar-refractivity contribution < 1.29 is 17.9 Å². The first-order chi connectivity index (χ1) is 13.5. The maximum Gasteiger partial charge on any atom is 0.262 e. The van der Waals surface area contributed by atoms with Gasteiger partial charge < -0.3 is 10.1 Å². The molecule has 3 aromatic rings. The van der Waals surface area contributed by atoms with Crippen molar-refractivity contribution in [2.24, 2.45) is 0 Å². The number of thiophene rings is 1. The molecule has 2 N–H and O–H groups in total. The van der Waals surface area contributed by atoms with Crippen molar-refractivity contribution in [3.8, 4) is 5.75 Å². The Balaban J connectivity index is 1.59. The van der Waals surface area contributed by atoms with Gasteiger partial charge in [0.2, 0.25) is 5.91 Å². The highest BCUT2D eigenvalue weighted by Gasteiger charge is 2.15. The van der Waals surface area contributed by atoms with E-state index < -0.39 is 10.0 Å². The van der Waals surface area contributed by atoms with Gasteiger partial charge in [-0.05, 0) is 41.3 Å². The van der Waals surface area contributed by atoms with E-state index in [1.54, 1.807) is 47.7 Å². The Hall–Kier alpha value is -2.84. The molecule has 0 atom stereocenters. The van der Waals surface area contributed by atoms with Crippen molar-refractivity contribution in [3.05, 3.63) is 76.5 Å². The largest absolute Gasteiger partial charge is 0.497 e. The van der Waals surface area contributed by atoms with Crippen molar-refractivity contribution in [2.75, 3.05) is 11.8 Å². The fraction of sp³-hybridized carbons (Fsp3) is 0.150. The highest BCUT2D eigenvalue weighted by molar-refractivity contribution is 7.92. The van der Waals surface area contributed by atoms with E-state index in [2.05, 4.69) is 10.0 Å². The molecule has 146 valence electrons. The maximum atomic E-state index is 12.5. The molecule has 0 fully saturated rings. The summed E-state index contributed by atoms with van der Waals surface area (Å²) >= 11 is 1.59. The van der Waals surface area contributed by atoms with Gasteiger partial charge in [-0.3, -0.25) is 9.52 Å². The van der Waals surface area contributed by atoms with Gasteiger partial charge in [-0.15, -0.1) is 11.3 Å². The molecule has 8 heteroatoms. The van der Waals surface area contributed by atoms with Gasteiger partial charge >= 0.3 is 0 Å². The van der Waals surface area contributed by atoms with Gasteiger partial charge in [-0.2, -0.15) is 0 Å². The van der Waals surface area contributed by atoms with E-state index in [0.717, 1.165) is 10.4 Å². The smallest absolute Gasteiger partial charge is 0.262 e. The van der Waals surface area contributed by atoms with E-state index in [1.165, 1.54) is 19.2 Å². The number of anilines is 1. The van der Waals surface area contributed by atoms with Crippen LogP contribution in [-0.4, -0.2) is 21.4 Å². The van der Waals surface area contributed by atoms with E-state index in [4.69, 9.17) is 4.74 Å². The zero-order chi connectivity index (χ0) is 20.0. The Kier molecular flexibility index (Phi) is 6.33. The normalized spacial score (nSPS) is 11.0. The van der Waals surface area contributed by atoms with E-state index in [1.807, 2.05) is 17.5 Å². The van der Waals surface area contributed by atoms with E-state index >= 15 is 0 Å². The average Bonchev–Trinajstić information content (AvgIpc) is 3.21. The lowest BCUT2D eigenvalue weighted by atomic mass is 10.1. The molecule has 1 amide bonds. The van der Waals surface area contributed by atoms with E-state index in [-0.39, 0.29) is 17.2 Å². The number of nitrogens with one attached hydrogen (secondary N) is 2. The minimum absolute atomic E-state index is 0.0851. The van der Waals surface area contributed by atoms with Crippen molar-refractivity contribution in [1.29, 1.82) is 0 Å². The number of hydrogen-bond acceptors (Lipinski definition) is 5. The highest BCUT2D eigenvalue weighted by atomic mass is 32.2. The number of hydrogen-bond donors (Lipinski definition) is 2. The summed E-state index contributed by atoms with van der Waals surface area (Å²) in [7, 11) is -2.24. The van der Waals surface area contributed by atoms with Crippen molar-refractivity contribution in [1.82, 2.24) is 5.32 Å². The molecule has 0 unspecified atom stereocenters. The predicted octanol–water partition coefficient (Wildman–Crippen LogP) is 3.42. The summed E-state index contributed by atoms with van der Waals surface area (Å²) in [6, 6.07) is 16.9. The maximum absolute atomic E-state index is 12.5. The third-order valence-corrected chi connectivity index (χ3v) is 6.22. The third-order valence-electron chi connectivity index (χ3n) is 3.96. The number of carbonyl (C=O) groups excluding carboxylic acids is 1. The molecule has 0 aliphatic carbocycles. The van der Waals surface area contributed by atoms with E-state index in [0.29, 0.717) is 18.0 Å². The second-order valence-electron chi connectivity index (χ2n) is 6.01. The molecule has 0 saturated heterocycles. The van der Waals surface area contributed by atoms with Crippen LogP contribution in [0.25, 0.3) is 0 Å². The number of methoxy groups -OCH3 is 1. The standard InChI is InChI=1S/C20H20N2O4S2/c1-26-17-4-2-6-19(13-17)28(24,25)22-16-9-7-15(8-10-16)12-20(23)21-14-18-5-3-11-27-18/h2-11,13,22H,12,14H2,1H3,(H,21,23). The van der Waals surface area contributed by atoms with Crippen LogP contribution in [0, 0.1) is 0 Å². The zero-order valence-corrected chi connectivity index (χ0v) is 16.8. The topological polar surface area (TPSA) is 84.5 Å². The monoisotopic (exact) mass is 416 g/mol. The molecule has 3 rings (SSSR count). The highest BCUT2D eigenvalue weighted by Crippen LogP contribution is 2.20. The minimum atomic E-state index is -3.72. The van der Waals surface area contributed by atoms with Gasteiger partial charge in [-0.25, -0.2) is 8.42 Å². The number of amides is 1. The first-order valence-electron chi connectivity index (χ1n) is 8.51.